The Morgan fingerprint density at radius 1 is 1.29 bits per heavy atom. The van der Waals surface area contributed by atoms with Gasteiger partial charge in [-0.05, 0) is 52.2 Å². The molecule has 3 rings (SSSR count). The van der Waals surface area contributed by atoms with Crippen LogP contribution in [0.5, 0.6) is 0 Å². The first-order valence-corrected chi connectivity index (χ1v) is 8.85. The second-order valence-corrected chi connectivity index (χ2v) is 8.52. The zero-order valence-electron chi connectivity index (χ0n) is 13.7. The number of halogens is 1. The molecule has 0 saturated heterocycles. The third-order valence-electron chi connectivity index (χ3n) is 3.61. The van der Waals surface area contributed by atoms with E-state index in [1.165, 1.54) is 12.1 Å². The van der Waals surface area contributed by atoms with Gasteiger partial charge in [-0.25, -0.2) is 13.1 Å². The number of rotatable bonds is 4. The summed E-state index contributed by atoms with van der Waals surface area (Å²) < 4.78 is 37.5. The van der Waals surface area contributed by atoms with Gasteiger partial charge in [0.25, 0.3) is 15.9 Å². The maximum absolute atomic E-state index is 12.2. The highest BCUT2D eigenvalue weighted by molar-refractivity contribution is 7.89. The molecule has 0 unspecified atom stereocenters. The van der Waals surface area contributed by atoms with E-state index in [1.807, 2.05) is 0 Å². The molecule has 0 spiro atoms. The van der Waals surface area contributed by atoms with E-state index in [-0.39, 0.29) is 29.2 Å². The van der Waals surface area contributed by atoms with E-state index in [0.717, 1.165) is 19.3 Å². The number of hydrogen-bond acceptors (Lipinski definition) is 7. The van der Waals surface area contributed by atoms with Gasteiger partial charge in [0.15, 0.2) is 11.6 Å². The van der Waals surface area contributed by atoms with Crippen LogP contribution in [0.4, 0.5) is 0 Å². The quantitative estimate of drug-likeness (QED) is 0.837. The Kier molecular flexibility index (Phi) is 4.84. The minimum atomic E-state index is -3.75. The largest absolute Gasteiger partial charge is 0.438 e. The van der Waals surface area contributed by atoms with Crippen LogP contribution in [0.3, 0.4) is 0 Å². The van der Waals surface area contributed by atoms with Crippen LogP contribution in [0, 0.1) is 0 Å². The minimum absolute atomic E-state index is 0. The Bertz CT molecular complexity index is 818. The van der Waals surface area contributed by atoms with Crippen LogP contribution in [0.1, 0.15) is 45.9 Å². The first-order chi connectivity index (χ1) is 10.6. The maximum Gasteiger partial charge on any atom is 0.293 e. The summed E-state index contributed by atoms with van der Waals surface area (Å²) in [5.74, 6) is 0.738. The van der Waals surface area contributed by atoms with Gasteiger partial charge in [0.05, 0.1) is 5.54 Å². The van der Waals surface area contributed by atoms with Gasteiger partial charge < -0.3 is 14.7 Å². The summed E-state index contributed by atoms with van der Waals surface area (Å²) in [6.45, 7) is 5.24. The third kappa shape index (κ3) is 3.64. The van der Waals surface area contributed by atoms with Crippen LogP contribution >= 0.6 is 12.4 Å². The molecular formula is C14H21ClN4O4S. The number of nitrogens with two attached hydrogens (primary N) is 1. The first-order valence-electron chi connectivity index (χ1n) is 7.36. The van der Waals surface area contributed by atoms with Crippen LogP contribution < -0.4 is 10.5 Å². The Morgan fingerprint density at radius 3 is 2.50 bits per heavy atom. The highest BCUT2D eigenvalue weighted by Crippen LogP contribution is 2.37. The van der Waals surface area contributed by atoms with Gasteiger partial charge in [0.2, 0.25) is 5.09 Å². The molecule has 8 nitrogen and oxygen atoms in total. The summed E-state index contributed by atoms with van der Waals surface area (Å²) in [5, 5.41) is 3.68. The zero-order valence-corrected chi connectivity index (χ0v) is 15.3. The molecule has 1 aliphatic carbocycles. The summed E-state index contributed by atoms with van der Waals surface area (Å²) in [5.41, 5.74) is 4.98. The van der Waals surface area contributed by atoms with Gasteiger partial charge in [0.1, 0.15) is 0 Å². The Balaban J connectivity index is 0.00000208. The molecular weight excluding hydrogens is 356 g/mol. The van der Waals surface area contributed by atoms with Crippen LogP contribution in [0.2, 0.25) is 0 Å². The van der Waals surface area contributed by atoms with Crippen molar-refractivity contribution < 1.29 is 17.4 Å². The van der Waals surface area contributed by atoms with Crippen molar-refractivity contribution in [3.05, 3.63) is 18.0 Å². The first kappa shape index (κ1) is 18.9. The van der Waals surface area contributed by atoms with Crippen LogP contribution in [-0.4, -0.2) is 24.1 Å². The minimum Gasteiger partial charge on any atom is -0.438 e. The zero-order chi connectivity index (χ0) is 16.9. The molecule has 134 valence electrons. The van der Waals surface area contributed by atoms with Gasteiger partial charge in [-0.2, -0.15) is 4.98 Å². The molecule has 2 aromatic heterocycles. The molecule has 3 N–H and O–H groups in total. The highest BCUT2D eigenvalue weighted by Gasteiger charge is 2.39. The van der Waals surface area contributed by atoms with Crippen molar-refractivity contribution in [1.29, 1.82) is 0 Å². The molecule has 10 heteroatoms. The van der Waals surface area contributed by atoms with E-state index >= 15 is 0 Å². The van der Waals surface area contributed by atoms with E-state index in [2.05, 4.69) is 14.9 Å². The lowest BCUT2D eigenvalue weighted by Crippen LogP contribution is -2.44. The molecule has 24 heavy (non-hydrogen) atoms. The Labute approximate surface area is 146 Å². The molecule has 0 radical (unpaired) electrons. The predicted molar refractivity (Wildman–Crippen MR) is 89.0 cm³/mol. The molecule has 0 aliphatic heterocycles. The maximum atomic E-state index is 12.2. The van der Waals surface area contributed by atoms with Crippen LogP contribution in [-0.2, 0) is 15.6 Å². The van der Waals surface area contributed by atoms with Gasteiger partial charge in [-0.1, -0.05) is 5.16 Å². The van der Waals surface area contributed by atoms with Crippen molar-refractivity contribution in [3.8, 4) is 11.7 Å². The molecule has 2 aromatic rings. The van der Waals surface area contributed by atoms with Crippen LogP contribution in [0.25, 0.3) is 11.7 Å². The molecule has 2 heterocycles. The molecule has 0 bridgehead atoms. The standard InChI is InChI=1S/C14H20N4O4S.ClH/c1-13(2,3)18-23(19,20)10-6-5-9(21-10)11-16-12(17-22-11)14(15)7-4-8-14;/h5-6,18H,4,7-8,15H2,1-3H3;1H. The van der Waals surface area contributed by atoms with Gasteiger partial charge in [0, 0.05) is 5.54 Å². The topological polar surface area (TPSA) is 124 Å². The van der Waals surface area contributed by atoms with Crippen molar-refractivity contribution in [2.45, 2.75) is 56.2 Å². The number of nitrogens with zero attached hydrogens (tertiary/aromatic N) is 2. The lowest BCUT2D eigenvalue weighted by Gasteiger charge is -2.34. The molecule has 0 aromatic carbocycles. The molecule has 0 atom stereocenters. The SMILES string of the molecule is CC(C)(C)NS(=O)(=O)c1ccc(-c2nc(C3(N)CCC3)no2)o1.Cl. The molecule has 1 aliphatic rings. The molecule has 0 amide bonds. The average Bonchev–Trinajstić information content (AvgIpc) is 3.02. The number of nitrogens with one attached hydrogen (secondary N) is 1. The highest BCUT2D eigenvalue weighted by atomic mass is 35.5. The van der Waals surface area contributed by atoms with Gasteiger partial charge in [-0.15, -0.1) is 12.4 Å². The van der Waals surface area contributed by atoms with Gasteiger partial charge >= 0.3 is 0 Å². The monoisotopic (exact) mass is 376 g/mol. The Hall–Kier alpha value is -1.42. The van der Waals surface area contributed by atoms with Crippen molar-refractivity contribution in [3.63, 3.8) is 0 Å². The van der Waals surface area contributed by atoms with E-state index < -0.39 is 21.1 Å². The van der Waals surface area contributed by atoms with Gasteiger partial charge in [-0.3, -0.25) is 0 Å². The number of furan rings is 1. The smallest absolute Gasteiger partial charge is 0.293 e. The van der Waals surface area contributed by atoms with Crippen molar-refractivity contribution in [2.75, 3.05) is 0 Å². The van der Waals surface area contributed by atoms with E-state index in [9.17, 15) is 8.42 Å². The number of hydrogen-bond donors (Lipinski definition) is 2. The van der Waals surface area contributed by atoms with Crippen molar-refractivity contribution >= 4 is 22.4 Å². The predicted octanol–water partition coefficient (Wildman–Crippen LogP) is 2.17. The molecule has 1 fully saturated rings. The lowest BCUT2D eigenvalue weighted by molar-refractivity contribution is 0.229. The average molecular weight is 377 g/mol. The summed E-state index contributed by atoms with van der Waals surface area (Å²) >= 11 is 0. The van der Waals surface area contributed by atoms with Crippen molar-refractivity contribution in [2.24, 2.45) is 5.73 Å². The fourth-order valence-electron chi connectivity index (χ4n) is 2.34. The summed E-state index contributed by atoms with van der Waals surface area (Å²) in [7, 11) is -3.75. The van der Waals surface area contributed by atoms with Crippen LogP contribution in [0.15, 0.2) is 26.2 Å². The second-order valence-electron chi connectivity index (χ2n) is 6.91. The normalized spacial score (nSPS) is 17.2. The summed E-state index contributed by atoms with van der Waals surface area (Å²) in [6.07, 6.45) is 2.64. The number of aromatic nitrogens is 2. The van der Waals surface area contributed by atoms with Crippen molar-refractivity contribution in [1.82, 2.24) is 14.9 Å². The van der Waals surface area contributed by atoms with E-state index in [4.69, 9.17) is 14.7 Å². The van der Waals surface area contributed by atoms with E-state index in [1.54, 1.807) is 20.8 Å². The summed E-state index contributed by atoms with van der Waals surface area (Å²) in [6, 6.07) is 2.84. The fourth-order valence-corrected chi connectivity index (χ4v) is 3.69. The second kappa shape index (κ2) is 6.14. The molecule has 1 saturated carbocycles. The lowest BCUT2D eigenvalue weighted by atomic mass is 9.77. The third-order valence-corrected chi connectivity index (χ3v) is 5.24. The summed E-state index contributed by atoms with van der Waals surface area (Å²) in [4.78, 5) is 4.23. The van der Waals surface area contributed by atoms with E-state index in [0.29, 0.717) is 5.82 Å². The Morgan fingerprint density at radius 2 is 1.96 bits per heavy atom. The fraction of sp³-hybridized carbons (Fsp3) is 0.571. The number of sulfonamides is 1.